The van der Waals surface area contributed by atoms with E-state index < -0.39 is 9.84 Å². The Kier molecular flexibility index (Phi) is 7.17. The Balaban J connectivity index is 1.38. The second-order valence-corrected chi connectivity index (χ2v) is 10.8. The van der Waals surface area contributed by atoms with Crippen molar-refractivity contribution >= 4 is 21.2 Å². The van der Waals surface area contributed by atoms with Gasteiger partial charge in [-0.25, -0.2) is 8.42 Å². The van der Waals surface area contributed by atoms with E-state index in [0.29, 0.717) is 5.75 Å². The molecule has 0 aromatic heterocycles. The average molecular weight is 400 g/mol. The average Bonchev–Trinajstić information content (AvgIpc) is 3.12. The summed E-state index contributed by atoms with van der Waals surface area (Å²) < 4.78 is 23.6. The first-order chi connectivity index (χ1) is 13.5. The van der Waals surface area contributed by atoms with E-state index in [1.807, 2.05) is 0 Å². The normalized spacial score (nSPS) is 13.9. The zero-order valence-corrected chi connectivity index (χ0v) is 18.0. The van der Waals surface area contributed by atoms with Gasteiger partial charge in [-0.2, -0.15) is 0 Å². The molecule has 0 atom stereocenters. The Labute approximate surface area is 170 Å². The van der Waals surface area contributed by atoms with Crippen LogP contribution in [0.2, 0.25) is 0 Å². The number of para-hydroxylation sites is 1. The van der Waals surface area contributed by atoms with E-state index in [9.17, 15) is 8.42 Å². The highest BCUT2D eigenvalue weighted by atomic mass is 32.2. The van der Waals surface area contributed by atoms with Crippen molar-refractivity contribution in [3.63, 3.8) is 0 Å². The Morgan fingerprint density at radius 2 is 1.57 bits per heavy atom. The second-order valence-electron chi connectivity index (χ2n) is 8.13. The van der Waals surface area contributed by atoms with Crippen LogP contribution in [0.25, 0.3) is 0 Å². The highest BCUT2D eigenvalue weighted by Gasteiger charge is 2.19. The van der Waals surface area contributed by atoms with Crippen molar-refractivity contribution in [1.82, 2.24) is 0 Å². The van der Waals surface area contributed by atoms with Crippen LogP contribution in [0, 0.1) is 0 Å². The molecule has 152 valence electrons. The number of anilines is 2. The van der Waals surface area contributed by atoms with E-state index in [4.69, 9.17) is 0 Å². The number of unbranched alkanes of at least 4 members (excludes halogenated alkanes) is 4. The molecule has 0 bridgehead atoms. The summed E-state index contributed by atoms with van der Waals surface area (Å²) in [6.07, 6.45) is 7.49. The van der Waals surface area contributed by atoms with Crippen molar-refractivity contribution in [3.8, 4) is 0 Å². The number of fused-ring (bicyclic) bond motifs is 1. The molecule has 0 radical (unpaired) electrons. The van der Waals surface area contributed by atoms with Gasteiger partial charge in [-0.15, -0.1) is 0 Å². The third-order valence-electron chi connectivity index (χ3n) is 5.75. The highest BCUT2D eigenvalue weighted by molar-refractivity contribution is 7.91. The van der Waals surface area contributed by atoms with Gasteiger partial charge in [0.25, 0.3) is 0 Å². The van der Waals surface area contributed by atoms with Crippen LogP contribution in [-0.2, 0) is 22.7 Å². The van der Waals surface area contributed by atoms with Crippen molar-refractivity contribution < 1.29 is 8.42 Å². The molecule has 0 amide bonds. The number of sulfone groups is 1. The molecule has 0 unspecified atom stereocenters. The van der Waals surface area contributed by atoms with Crippen molar-refractivity contribution in [2.75, 3.05) is 17.2 Å². The van der Waals surface area contributed by atoms with Crippen molar-refractivity contribution in [2.24, 2.45) is 0 Å². The van der Waals surface area contributed by atoms with Gasteiger partial charge < -0.3 is 4.90 Å². The fraction of sp³-hybridized carbons (Fsp3) is 0.500. The maximum atomic E-state index is 11.8. The lowest BCUT2D eigenvalue weighted by Gasteiger charge is -2.19. The van der Waals surface area contributed by atoms with Gasteiger partial charge in [0.2, 0.25) is 0 Å². The highest BCUT2D eigenvalue weighted by Crippen LogP contribution is 2.34. The molecule has 4 heteroatoms. The predicted molar refractivity (Wildman–Crippen MR) is 119 cm³/mol. The third kappa shape index (κ3) is 5.38. The van der Waals surface area contributed by atoms with Crippen LogP contribution in [-0.4, -0.2) is 26.0 Å². The maximum absolute atomic E-state index is 11.8. The Morgan fingerprint density at radius 3 is 2.32 bits per heavy atom. The molecule has 3 nitrogen and oxygen atoms in total. The number of hydrogen-bond donors (Lipinski definition) is 0. The molecule has 1 aliphatic heterocycles. The van der Waals surface area contributed by atoms with E-state index in [-0.39, 0.29) is 5.25 Å². The third-order valence-corrected chi connectivity index (χ3v) is 8.04. The first-order valence-corrected chi connectivity index (χ1v) is 12.3. The van der Waals surface area contributed by atoms with Crippen molar-refractivity contribution in [1.29, 1.82) is 0 Å². The summed E-state index contributed by atoms with van der Waals surface area (Å²) in [5.41, 5.74) is 5.45. The van der Waals surface area contributed by atoms with E-state index in [0.717, 1.165) is 38.6 Å². The molecule has 0 aliphatic carbocycles. The predicted octanol–water partition coefficient (Wildman–Crippen LogP) is 5.70. The zero-order chi connectivity index (χ0) is 20.0. The molecular formula is C24H33NO2S. The fourth-order valence-electron chi connectivity index (χ4n) is 3.85. The molecule has 0 saturated heterocycles. The quantitative estimate of drug-likeness (QED) is 0.481. The summed E-state index contributed by atoms with van der Waals surface area (Å²) in [6, 6.07) is 17.7. The van der Waals surface area contributed by atoms with Crippen LogP contribution in [0.1, 0.15) is 57.1 Å². The van der Waals surface area contributed by atoms with Crippen LogP contribution >= 0.6 is 0 Å². The largest absolute Gasteiger partial charge is 0.341 e. The van der Waals surface area contributed by atoms with Gasteiger partial charge in [-0.1, -0.05) is 49.6 Å². The molecule has 0 saturated carbocycles. The number of hydrogen-bond acceptors (Lipinski definition) is 3. The fourth-order valence-corrected chi connectivity index (χ4v) is 4.93. The number of nitrogens with zero attached hydrogens (tertiary/aromatic N) is 1. The van der Waals surface area contributed by atoms with E-state index >= 15 is 0 Å². The summed E-state index contributed by atoms with van der Waals surface area (Å²) in [6.45, 7) is 4.59. The summed E-state index contributed by atoms with van der Waals surface area (Å²) >= 11 is 0. The second kappa shape index (κ2) is 9.60. The Morgan fingerprint density at radius 1 is 0.893 bits per heavy atom. The van der Waals surface area contributed by atoms with Crippen LogP contribution in [0.15, 0.2) is 48.5 Å². The molecule has 28 heavy (non-hydrogen) atoms. The van der Waals surface area contributed by atoms with Gasteiger partial charge in [-0.3, -0.25) is 0 Å². The number of rotatable bonds is 10. The van der Waals surface area contributed by atoms with E-state index in [2.05, 4.69) is 53.4 Å². The monoisotopic (exact) mass is 399 g/mol. The minimum absolute atomic E-state index is 0.246. The minimum atomic E-state index is -2.87. The van der Waals surface area contributed by atoms with Gasteiger partial charge in [0, 0.05) is 17.9 Å². The van der Waals surface area contributed by atoms with Crippen molar-refractivity contribution in [3.05, 3.63) is 59.7 Å². The van der Waals surface area contributed by atoms with Crippen LogP contribution in [0.3, 0.4) is 0 Å². The smallest absolute Gasteiger partial charge is 0.152 e. The van der Waals surface area contributed by atoms with E-state index in [1.165, 1.54) is 35.3 Å². The molecule has 2 aromatic rings. The first kappa shape index (κ1) is 20.9. The van der Waals surface area contributed by atoms with Gasteiger partial charge in [0.05, 0.1) is 11.0 Å². The number of aryl methyl sites for hydroxylation is 1. The van der Waals surface area contributed by atoms with Gasteiger partial charge in [0.15, 0.2) is 9.84 Å². The zero-order valence-electron chi connectivity index (χ0n) is 17.2. The molecule has 1 heterocycles. The summed E-state index contributed by atoms with van der Waals surface area (Å²) in [7, 11) is -2.87. The molecule has 0 N–H and O–H groups in total. The summed E-state index contributed by atoms with van der Waals surface area (Å²) in [5.74, 6) is 0.339. The summed E-state index contributed by atoms with van der Waals surface area (Å²) in [5, 5.41) is -0.246. The lowest BCUT2D eigenvalue weighted by Crippen LogP contribution is -2.17. The Hall–Kier alpha value is -1.81. The van der Waals surface area contributed by atoms with Crippen LogP contribution in [0.5, 0.6) is 0 Å². The topological polar surface area (TPSA) is 37.4 Å². The van der Waals surface area contributed by atoms with Crippen LogP contribution in [0.4, 0.5) is 11.4 Å². The molecule has 3 rings (SSSR count). The molecular weight excluding hydrogens is 366 g/mol. The lowest BCUT2D eigenvalue weighted by atomic mass is 10.1. The Bertz CT molecular complexity index is 856. The molecule has 2 aromatic carbocycles. The lowest BCUT2D eigenvalue weighted by molar-refractivity contribution is 0.577. The molecule has 0 spiro atoms. The standard InChI is InChI=1S/C24H33NO2S/c1-20(2)28(26,27)19-9-5-3-4-6-10-21-13-15-23(16-14-21)25-18-17-22-11-7-8-12-24(22)25/h7-8,11-16,20H,3-6,9-10,17-19H2,1-2H3. The molecule has 1 aliphatic rings. The van der Waals surface area contributed by atoms with E-state index in [1.54, 1.807) is 13.8 Å². The maximum Gasteiger partial charge on any atom is 0.152 e. The molecule has 0 fully saturated rings. The number of benzene rings is 2. The van der Waals surface area contributed by atoms with Crippen LogP contribution < -0.4 is 4.90 Å². The van der Waals surface area contributed by atoms with Crippen molar-refractivity contribution in [2.45, 2.75) is 64.0 Å². The van der Waals surface area contributed by atoms with Gasteiger partial charge in [-0.05, 0) is 68.9 Å². The van der Waals surface area contributed by atoms with Gasteiger partial charge in [0.1, 0.15) is 0 Å². The van der Waals surface area contributed by atoms with Gasteiger partial charge >= 0.3 is 0 Å². The SMILES string of the molecule is CC(C)S(=O)(=O)CCCCCCCc1ccc(N2CCc3ccccc32)cc1. The summed E-state index contributed by atoms with van der Waals surface area (Å²) in [4.78, 5) is 2.41. The minimum Gasteiger partial charge on any atom is -0.341 e. The first-order valence-electron chi connectivity index (χ1n) is 10.6.